The summed E-state index contributed by atoms with van der Waals surface area (Å²) in [5.74, 6) is -2.77. The fourth-order valence-electron chi connectivity index (χ4n) is 8.83. The van der Waals surface area contributed by atoms with Crippen LogP contribution in [-0.4, -0.2) is 46.8 Å². The Bertz CT molecular complexity index is 1980. The highest BCUT2D eigenvalue weighted by molar-refractivity contribution is 5.95. The average molecular weight is 662 g/mol. The van der Waals surface area contributed by atoms with Crippen LogP contribution in [0.25, 0.3) is 11.0 Å². The van der Waals surface area contributed by atoms with Crippen molar-refractivity contribution < 1.29 is 47.3 Å². The molecule has 12 heteroatoms. The van der Waals surface area contributed by atoms with Gasteiger partial charge in [0.1, 0.15) is 17.4 Å². The van der Waals surface area contributed by atoms with Gasteiger partial charge in [-0.15, -0.1) is 0 Å². The number of hydrogen-bond donors (Lipinski definition) is 0. The molecule has 2 aromatic rings. The van der Waals surface area contributed by atoms with Crippen LogP contribution >= 0.6 is 0 Å². The van der Waals surface area contributed by atoms with Gasteiger partial charge in [-0.25, -0.2) is 9.59 Å². The van der Waals surface area contributed by atoms with Gasteiger partial charge in [-0.05, 0) is 72.4 Å². The lowest BCUT2D eigenvalue weighted by molar-refractivity contribution is -0.217. The number of carbonyl (C=O) groups excluding carboxylic acids is 4. The molecule has 2 saturated heterocycles. The molecule has 0 radical (unpaired) electrons. The third-order valence-electron chi connectivity index (χ3n) is 13.3. The number of benzene rings is 1. The summed E-state index contributed by atoms with van der Waals surface area (Å²) < 4.78 is 36.7. The zero-order valence-electron chi connectivity index (χ0n) is 28.6. The van der Waals surface area contributed by atoms with E-state index in [1.54, 1.807) is 55.4 Å². The van der Waals surface area contributed by atoms with Gasteiger partial charge in [0.2, 0.25) is 17.0 Å². The van der Waals surface area contributed by atoms with Crippen LogP contribution in [0.3, 0.4) is 0 Å². The summed E-state index contributed by atoms with van der Waals surface area (Å²) in [5.41, 5.74) is -8.77. The van der Waals surface area contributed by atoms with E-state index in [0.29, 0.717) is 12.8 Å². The van der Waals surface area contributed by atoms with Crippen LogP contribution in [0.2, 0.25) is 0 Å². The van der Waals surface area contributed by atoms with E-state index in [4.69, 9.17) is 28.1 Å². The predicted octanol–water partition coefficient (Wildman–Crippen LogP) is 4.88. The lowest BCUT2D eigenvalue weighted by Gasteiger charge is -2.45. The molecule has 3 aliphatic heterocycles. The molecule has 48 heavy (non-hydrogen) atoms. The molecule has 7 rings (SSSR count). The third kappa shape index (κ3) is 3.42. The highest BCUT2D eigenvalue weighted by Gasteiger charge is 2.78. The summed E-state index contributed by atoms with van der Waals surface area (Å²) in [4.78, 5) is 68.4. The number of nitriles is 1. The lowest BCUT2D eigenvalue weighted by atomic mass is 9.66. The Balaban J connectivity index is 1.40. The minimum absolute atomic E-state index is 0.0716. The monoisotopic (exact) mass is 661 g/mol. The van der Waals surface area contributed by atoms with Gasteiger partial charge in [-0.3, -0.25) is 14.4 Å². The Hall–Kier alpha value is -4.40. The van der Waals surface area contributed by atoms with Gasteiger partial charge in [0, 0.05) is 10.8 Å². The first-order chi connectivity index (χ1) is 22.2. The molecule has 1 aromatic heterocycles. The number of rotatable bonds is 4. The molecule has 0 amide bonds. The van der Waals surface area contributed by atoms with Gasteiger partial charge in [-0.2, -0.15) is 5.26 Å². The molecule has 4 unspecified atom stereocenters. The molecule has 4 bridgehead atoms. The van der Waals surface area contributed by atoms with Crippen LogP contribution in [0.5, 0.6) is 5.75 Å². The smallest absolute Gasteiger partial charge is 0.351 e. The molecular weight excluding hydrogens is 622 g/mol. The van der Waals surface area contributed by atoms with E-state index in [-0.39, 0.29) is 46.4 Å². The van der Waals surface area contributed by atoms with Crippen LogP contribution in [0.1, 0.15) is 104 Å². The Labute approximate surface area is 277 Å². The van der Waals surface area contributed by atoms with Crippen LogP contribution in [0.4, 0.5) is 0 Å². The molecule has 1 aromatic carbocycles. The number of carbonyl (C=O) groups is 4. The molecule has 12 nitrogen and oxygen atoms in total. The summed E-state index contributed by atoms with van der Waals surface area (Å²) in [6.07, 6.45) is -1.61. The van der Waals surface area contributed by atoms with E-state index in [1.165, 1.54) is 19.1 Å². The summed E-state index contributed by atoms with van der Waals surface area (Å²) in [7, 11) is 0. The normalized spacial score (nSPS) is 36.1. The molecule has 0 N–H and O–H groups in total. The maximum absolute atomic E-state index is 14.5. The maximum atomic E-state index is 14.5. The topological polar surface area (TPSA) is 168 Å². The molecular formula is C36H39NO11. The van der Waals surface area contributed by atoms with E-state index < -0.39 is 80.0 Å². The third-order valence-corrected chi connectivity index (χ3v) is 13.3. The van der Waals surface area contributed by atoms with Crippen LogP contribution in [0.15, 0.2) is 21.3 Å². The van der Waals surface area contributed by atoms with E-state index in [2.05, 4.69) is 0 Å². The Morgan fingerprint density at radius 2 is 1.31 bits per heavy atom. The van der Waals surface area contributed by atoms with Gasteiger partial charge in [-0.1, -0.05) is 27.7 Å². The van der Waals surface area contributed by atoms with Gasteiger partial charge in [0.25, 0.3) is 0 Å². The second kappa shape index (κ2) is 9.18. The molecule has 0 spiro atoms. The fraction of sp³-hybridized carbons (Fsp3) is 0.611. The highest BCUT2D eigenvalue weighted by Crippen LogP contribution is 2.67. The van der Waals surface area contributed by atoms with Crippen molar-refractivity contribution in [1.29, 1.82) is 5.26 Å². The quantitative estimate of drug-likeness (QED) is 0.322. The number of hydrogen-bond acceptors (Lipinski definition) is 12. The molecule has 5 aliphatic rings. The van der Waals surface area contributed by atoms with Crippen molar-refractivity contribution in [1.82, 2.24) is 0 Å². The second-order valence-electron chi connectivity index (χ2n) is 16.1. The Kier molecular flexibility index (Phi) is 6.15. The van der Waals surface area contributed by atoms with E-state index in [0.717, 1.165) is 0 Å². The minimum atomic E-state index is -1.65. The van der Waals surface area contributed by atoms with Gasteiger partial charge in [0.15, 0.2) is 23.2 Å². The Morgan fingerprint density at radius 1 is 0.792 bits per heavy atom. The van der Waals surface area contributed by atoms with Crippen molar-refractivity contribution in [2.75, 3.05) is 0 Å². The average Bonchev–Trinajstić information content (AvgIpc) is 3.47. The molecule has 254 valence electrons. The summed E-state index contributed by atoms with van der Waals surface area (Å²) in [5, 5.41) is 9.90. The molecule has 2 saturated carbocycles. The number of esters is 4. The van der Waals surface area contributed by atoms with Gasteiger partial charge in [0.05, 0.1) is 27.3 Å². The first-order valence-electron chi connectivity index (χ1n) is 16.2. The first-order valence-corrected chi connectivity index (χ1v) is 16.2. The zero-order chi connectivity index (χ0) is 35.2. The summed E-state index contributed by atoms with van der Waals surface area (Å²) in [6.45, 7) is 15.5. The summed E-state index contributed by atoms with van der Waals surface area (Å²) in [6, 6.07) is 4.93. The van der Waals surface area contributed by atoms with E-state index in [1.807, 2.05) is 6.07 Å². The van der Waals surface area contributed by atoms with Gasteiger partial charge < -0.3 is 28.1 Å². The Morgan fingerprint density at radius 3 is 1.77 bits per heavy atom. The van der Waals surface area contributed by atoms with Gasteiger partial charge >= 0.3 is 23.9 Å². The van der Waals surface area contributed by atoms with Crippen molar-refractivity contribution in [3.05, 3.63) is 39.2 Å². The second-order valence-corrected chi connectivity index (χ2v) is 16.1. The van der Waals surface area contributed by atoms with Crippen molar-refractivity contribution in [2.24, 2.45) is 21.7 Å². The van der Waals surface area contributed by atoms with E-state index in [9.17, 15) is 29.2 Å². The standard InChI is InChI=1S/C36H39NO11/c1-17-20(16-37)43-23-18(22(17)38)10-11-19-21(23)24(44-28(41)35-14-12-33(8,26(39)47-35)31(35,4)5)25(30(2,3)46-19)45-29(42)36-15-13-34(9,27(40)48-36)32(36,6)7/h10-11,24-25H,12-15H2,1-9H3/t24-,25-,33?,34?,35?,36?/m1/s1. The first kappa shape index (κ1) is 32.2. The molecule has 4 fully saturated rings. The predicted molar refractivity (Wildman–Crippen MR) is 165 cm³/mol. The van der Waals surface area contributed by atoms with Crippen molar-refractivity contribution in [2.45, 2.75) is 117 Å². The van der Waals surface area contributed by atoms with Crippen LogP contribution in [0, 0.1) is 39.9 Å². The number of fused-ring (bicyclic) bond motifs is 7. The molecule has 2 aliphatic carbocycles. The molecule has 4 heterocycles. The van der Waals surface area contributed by atoms with Crippen LogP contribution < -0.4 is 10.2 Å². The maximum Gasteiger partial charge on any atom is 0.351 e. The largest absolute Gasteiger partial charge is 0.483 e. The van der Waals surface area contributed by atoms with Crippen molar-refractivity contribution in [3.63, 3.8) is 0 Å². The SMILES string of the molecule is Cc1c(C#N)oc2c3c(ccc2c1=O)OC(C)(C)[C@H](OC(=O)C12CCC(C)(C(=O)O1)C2(C)C)[C@@H]3OC(=O)C12CCC(C)(C(=O)O1)C2(C)C. The zero-order valence-corrected chi connectivity index (χ0v) is 28.6. The molecule has 6 atom stereocenters. The lowest BCUT2D eigenvalue weighted by Crippen LogP contribution is -2.57. The van der Waals surface area contributed by atoms with Crippen molar-refractivity contribution >= 4 is 34.8 Å². The summed E-state index contributed by atoms with van der Waals surface area (Å²) >= 11 is 0. The number of ether oxygens (including phenoxy) is 5. The minimum Gasteiger partial charge on any atom is -0.483 e. The van der Waals surface area contributed by atoms with Crippen molar-refractivity contribution in [3.8, 4) is 11.8 Å². The fourth-order valence-corrected chi connectivity index (χ4v) is 8.83. The highest BCUT2D eigenvalue weighted by atomic mass is 16.7. The number of nitrogens with zero attached hydrogens (tertiary/aromatic N) is 1. The van der Waals surface area contributed by atoms with Crippen LogP contribution in [-0.2, 0) is 38.1 Å². The van der Waals surface area contributed by atoms with E-state index >= 15 is 0 Å².